The van der Waals surface area contributed by atoms with Gasteiger partial charge in [0.05, 0.1) is 5.41 Å². The molecule has 0 saturated heterocycles. The smallest absolute Gasteiger partial charge is 0.407 e. The Morgan fingerprint density at radius 1 is 1.11 bits per heavy atom. The van der Waals surface area contributed by atoms with E-state index in [4.69, 9.17) is 11.2 Å². The first-order valence-corrected chi connectivity index (χ1v) is 11.9. The number of hydrogen-bond acceptors (Lipinski definition) is 4. The summed E-state index contributed by atoms with van der Waals surface area (Å²) in [6.45, 7) is 1.76. The molecule has 1 fully saturated rings. The zero-order valence-corrected chi connectivity index (χ0v) is 19.8. The van der Waals surface area contributed by atoms with Gasteiger partial charge in [-0.3, -0.25) is 9.59 Å². The molecule has 2 aliphatic carbocycles. The number of amides is 2. The van der Waals surface area contributed by atoms with Crippen LogP contribution in [0.1, 0.15) is 56.1 Å². The Labute approximate surface area is 205 Å². The molecule has 7 nitrogen and oxygen atoms in total. The summed E-state index contributed by atoms with van der Waals surface area (Å²) in [6, 6.07) is 14.5. The monoisotopic (exact) mass is 474 g/mol. The molecule has 2 aromatic rings. The fourth-order valence-corrected chi connectivity index (χ4v) is 5.20. The van der Waals surface area contributed by atoms with Crippen molar-refractivity contribution in [1.82, 2.24) is 10.6 Å². The van der Waals surface area contributed by atoms with Crippen molar-refractivity contribution in [1.29, 1.82) is 0 Å². The van der Waals surface area contributed by atoms with Crippen molar-refractivity contribution >= 4 is 18.0 Å². The molecule has 0 bridgehead atoms. The predicted molar refractivity (Wildman–Crippen MR) is 132 cm³/mol. The van der Waals surface area contributed by atoms with Crippen LogP contribution in [-0.2, 0) is 14.3 Å². The van der Waals surface area contributed by atoms with Crippen LogP contribution >= 0.6 is 0 Å². The molecular formula is C28H30N2O5. The van der Waals surface area contributed by atoms with Gasteiger partial charge in [0.1, 0.15) is 12.6 Å². The first-order valence-electron chi connectivity index (χ1n) is 11.9. The molecule has 1 saturated carbocycles. The maximum atomic E-state index is 13.0. The van der Waals surface area contributed by atoms with Crippen LogP contribution in [0.3, 0.4) is 0 Å². The number of alkyl carbamates (subject to hydrolysis) is 1. The van der Waals surface area contributed by atoms with E-state index in [1.807, 2.05) is 36.4 Å². The second kappa shape index (κ2) is 10.2. The van der Waals surface area contributed by atoms with Gasteiger partial charge in [0.15, 0.2) is 0 Å². The molecular weight excluding hydrogens is 444 g/mol. The summed E-state index contributed by atoms with van der Waals surface area (Å²) in [5, 5.41) is 15.1. The molecule has 182 valence electrons. The number of carbonyl (C=O) groups excluding carboxylic acids is 2. The summed E-state index contributed by atoms with van der Waals surface area (Å²) >= 11 is 0. The highest BCUT2D eigenvalue weighted by molar-refractivity contribution is 5.87. The van der Waals surface area contributed by atoms with Crippen molar-refractivity contribution in [3.8, 4) is 23.5 Å². The number of hydrogen-bond donors (Lipinski definition) is 3. The lowest BCUT2D eigenvalue weighted by atomic mass is 9.71. The van der Waals surface area contributed by atoms with E-state index in [1.165, 1.54) is 0 Å². The topological polar surface area (TPSA) is 105 Å². The van der Waals surface area contributed by atoms with Crippen LogP contribution in [0.5, 0.6) is 0 Å². The van der Waals surface area contributed by atoms with Crippen molar-refractivity contribution in [2.45, 2.75) is 57.0 Å². The fourth-order valence-electron chi connectivity index (χ4n) is 5.20. The van der Waals surface area contributed by atoms with Gasteiger partial charge in [0.2, 0.25) is 5.91 Å². The Morgan fingerprint density at radius 2 is 1.74 bits per heavy atom. The van der Waals surface area contributed by atoms with Gasteiger partial charge in [-0.1, -0.05) is 61.4 Å². The number of carboxylic acids is 1. The zero-order valence-electron chi connectivity index (χ0n) is 19.8. The van der Waals surface area contributed by atoms with Gasteiger partial charge < -0.3 is 20.5 Å². The number of carboxylic acid groups (broad SMARTS) is 1. The van der Waals surface area contributed by atoms with Crippen molar-refractivity contribution in [2.24, 2.45) is 5.41 Å². The van der Waals surface area contributed by atoms with Crippen molar-refractivity contribution in [3.63, 3.8) is 0 Å². The van der Waals surface area contributed by atoms with Gasteiger partial charge in [0, 0.05) is 18.4 Å². The van der Waals surface area contributed by atoms with Crippen LogP contribution in [0.2, 0.25) is 0 Å². The van der Waals surface area contributed by atoms with E-state index in [2.05, 4.69) is 28.7 Å². The van der Waals surface area contributed by atoms with Crippen LogP contribution in [0.4, 0.5) is 4.79 Å². The lowest BCUT2D eigenvalue weighted by molar-refractivity contribution is -0.152. The van der Waals surface area contributed by atoms with Crippen molar-refractivity contribution < 1.29 is 24.2 Å². The van der Waals surface area contributed by atoms with Gasteiger partial charge in [-0.05, 0) is 42.0 Å². The normalized spacial score (nSPS) is 21.7. The number of benzene rings is 2. The second-order valence-corrected chi connectivity index (χ2v) is 9.46. The lowest BCUT2D eigenvalue weighted by Gasteiger charge is -2.38. The molecule has 0 heterocycles. The number of nitrogens with one attached hydrogen (secondary N) is 2. The fraction of sp³-hybridized carbons (Fsp3) is 0.393. The third-order valence-electron chi connectivity index (χ3n) is 7.29. The van der Waals surface area contributed by atoms with E-state index in [0.29, 0.717) is 12.8 Å². The molecule has 0 spiro atoms. The Kier molecular flexibility index (Phi) is 7.11. The summed E-state index contributed by atoms with van der Waals surface area (Å²) < 4.78 is 5.54. The summed E-state index contributed by atoms with van der Waals surface area (Å²) in [6.07, 6.45) is 7.32. The standard InChI is InChI=1S/C28H30N2O5/c1-3-10-23(25(31)30-24-15-8-9-16-28(24,2)26(32)33)29-27(34)35-17-22-20-13-6-4-11-18(20)19-12-5-7-14-21(19)22/h1,4-7,11-14,22-24H,8-10,15-17H2,2H3,(H,29,34)(H,30,31)(H,32,33). The molecule has 35 heavy (non-hydrogen) atoms. The quantitative estimate of drug-likeness (QED) is 0.525. The van der Waals surface area contributed by atoms with Crippen LogP contribution in [0.25, 0.3) is 11.1 Å². The SMILES string of the molecule is C#CCC(NC(=O)OCC1c2ccccc2-c2ccccc21)C(=O)NC1CCCCC1(C)C(=O)O. The number of aliphatic carboxylic acids is 1. The van der Waals surface area contributed by atoms with Crippen molar-refractivity contribution in [2.75, 3.05) is 6.61 Å². The number of rotatable bonds is 7. The minimum Gasteiger partial charge on any atom is -0.481 e. The lowest BCUT2D eigenvalue weighted by Crippen LogP contribution is -2.56. The van der Waals surface area contributed by atoms with E-state index in [0.717, 1.165) is 35.1 Å². The zero-order chi connectivity index (χ0) is 25.0. The number of carbonyl (C=O) groups is 3. The average Bonchev–Trinajstić information content (AvgIpc) is 3.17. The first-order chi connectivity index (χ1) is 16.8. The number of ether oxygens (including phenoxy) is 1. The Morgan fingerprint density at radius 3 is 2.34 bits per heavy atom. The molecule has 2 amide bonds. The highest BCUT2D eigenvalue weighted by atomic mass is 16.5. The maximum absolute atomic E-state index is 13.0. The van der Waals surface area contributed by atoms with Crippen molar-refractivity contribution in [3.05, 3.63) is 59.7 Å². The molecule has 0 aliphatic heterocycles. The third kappa shape index (κ3) is 4.88. The average molecular weight is 475 g/mol. The molecule has 7 heteroatoms. The molecule has 3 unspecified atom stereocenters. The summed E-state index contributed by atoms with van der Waals surface area (Å²) in [5.74, 6) is 0.858. The Hall–Kier alpha value is -3.79. The minimum absolute atomic E-state index is 0.0352. The van der Waals surface area contributed by atoms with Gasteiger partial charge in [0.25, 0.3) is 0 Å². The van der Waals surface area contributed by atoms with Crippen LogP contribution in [-0.4, -0.2) is 41.8 Å². The van der Waals surface area contributed by atoms with E-state index in [1.54, 1.807) is 6.92 Å². The molecule has 0 radical (unpaired) electrons. The van der Waals surface area contributed by atoms with E-state index >= 15 is 0 Å². The molecule has 0 aromatic heterocycles. The molecule has 3 N–H and O–H groups in total. The van der Waals surface area contributed by atoms with Crippen LogP contribution in [0.15, 0.2) is 48.5 Å². The first kappa shape index (κ1) is 24.3. The van der Waals surface area contributed by atoms with Gasteiger partial charge in [-0.2, -0.15) is 0 Å². The summed E-state index contributed by atoms with van der Waals surface area (Å²) in [7, 11) is 0. The summed E-state index contributed by atoms with van der Waals surface area (Å²) in [4.78, 5) is 37.5. The Balaban J connectivity index is 1.40. The van der Waals surface area contributed by atoms with E-state index in [-0.39, 0.29) is 18.9 Å². The van der Waals surface area contributed by atoms with Gasteiger partial charge in [-0.15, -0.1) is 12.3 Å². The molecule has 2 aliphatic rings. The maximum Gasteiger partial charge on any atom is 0.407 e. The third-order valence-corrected chi connectivity index (χ3v) is 7.29. The Bertz CT molecular complexity index is 1120. The van der Waals surface area contributed by atoms with Gasteiger partial charge >= 0.3 is 12.1 Å². The number of terminal acetylenes is 1. The summed E-state index contributed by atoms with van der Waals surface area (Å²) in [5.41, 5.74) is 3.36. The highest BCUT2D eigenvalue weighted by Gasteiger charge is 2.44. The van der Waals surface area contributed by atoms with Crippen LogP contribution in [0, 0.1) is 17.8 Å². The predicted octanol–water partition coefficient (Wildman–Crippen LogP) is 4.07. The van der Waals surface area contributed by atoms with Gasteiger partial charge in [-0.25, -0.2) is 4.79 Å². The molecule has 4 rings (SSSR count). The molecule has 2 aromatic carbocycles. The minimum atomic E-state index is -1.06. The number of fused-ring (bicyclic) bond motifs is 3. The van der Waals surface area contributed by atoms with E-state index in [9.17, 15) is 19.5 Å². The molecule has 3 atom stereocenters. The van der Waals surface area contributed by atoms with Crippen LogP contribution < -0.4 is 10.6 Å². The highest BCUT2D eigenvalue weighted by Crippen LogP contribution is 2.44. The van der Waals surface area contributed by atoms with E-state index < -0.39 is 35.5 Å². The largest absolute Gasteiger partial charge is 0.481 e. The second-order valence-electron chi connectivity index (χ2n) is 9.46.